The summed E-state index contributed by atoms with van der Waals surface area (Å²) in [5, 5.41) is 12.5. The maximum absolute atomic E-state index is 13.0. The van der Waals surface area contributed by atoms with Crippen molar-refractivity contribution < 1.29 is 27.8 Å². The Hall–Kier alpha value is -2.78. The van der Waals surface area contributed by atoms with E-state index in [9.17, 15) is 18.3 Å². The van der Waals surface area contributed by atoms with Crippen LogP contribution in [0, 0.1) is 0 Å². The number of sulfonamides is 1. The normalized spacial score (nSPS) is 12.3. The average Bonchev–Trinajstić information content (AvgIpc) is 2.73. The van der Waals surface area contributed by atoms with Crippen LogP contribution >= 0.6 is 0 Å². The Bertz CT molecular complexity index is 1010. The molecule has 0 amide bonds. The summed E-state index contributed by atoms with van der Waals surface area (Å²) in [4.78, 5) is 11.3. The van der Waals surface area contributed by atoms with Crippen LogP contribution in [-0.4, -0.2) is 46.3 Å². The van der Waals surface area contributed by atoms with Crippen molar-refractivity contribution >= 4 is 21.7 Å². The smallest absolute Gasteiger partial charge is 0.335 e. The Balaban J connectivity index is 2.21. The standard InChI is InChI=1S/C22H30N2O6S/c1-5-6-15(2)24-18-9-8-17(22(25)26)14-21(18)31(27,28)23-12-11-16-7-10-19(29-3)20(13-16)30-4/h7-10,13-15,23-24H,5-6,11-12H2,1-4H3,(H,25,26)/t15-/m0/s1. The number of nitrogens with one attached hydrogen (secondary N) is 2. The molecule has 0 bridgehead atoms. The highest BCUT2D eigenvalue weighted by Gasteiger charge is 2.21. The van der Waals surface area contributed by atoms with E-state index in [2.05, 4.69) is 10.0 Å². The van der Waals surface area contributed by atoms with Gasteiger partial charge < -0.3 is 19.9 Å². The maximum atomic E-state index is 13.0. The first-order chi connectivity index (χ1) is 14.7. The van der Waals surface area contributed by atoms with E-state index < -0.39 is 16.0 Å². The number of aromatic carboxylic acids is 1. The van der Waals surface area contributed by atoms with Crippen molar-refractivity contribution in [2.45, 2.75) is 44.0 Å². The summed E-state index contributed by atoms with van der Waals surface area (Å²) in [6.07, 6.45) is 2.22. The zero-order valence-corrected chi connectivity index (χ0v) is 19.1. The summed E-state index contributed by atoms with van der Waals surface area (Å²) in [6.45, 7) is 4.13. The molecule has 0 aliphatic heterocycles. The largest absolute Gasteiger partial charge is 0.493 e. The number of anilines is 1. The lowest BCUT2D eigenvalue weighted by Crippen LogP contribution is -2.28. The molecule has 0 spiro atoms. The van der Waals surface area contributed by atoms with Crippen LogP contribution in [0.3, 0.4) is 0 Å². The molecule has 1 atom stereocenters. The number of rotatable bonds is 12. The minimum atomic E-state index is -3.94. The first kappa shape index (κ1) is 24.5. The fraction of sp³-hybridized carbons (Fsp3) is 0.409. The molecular formula is C22H30N2O6S. The Morgan fingerprint density at radius 2 is 1.81 bits per heavy atom. The van der Waals surface area contributed by atoms with E-state index in [1.807, 2.05) is 19.9 Å². The fourth-order valence-electron chi connectivity index (χ4n) is 3.21. The molecule has 2 rings (SSSR count). The molecule has 0 aliphatic carbocycles. The van der Waals surface area contributed by atoms with Gasteiger partial charge in [-0.3, -0.25) is 0 Å². The van der Waals surface area contributed by atoms with E-state index in [0.717, 1.165) is 18.4 Å². The summed E-state index contributed by atoms with van der Waals surface area (Å²) in [5.74, 6) is -0.0300. The second-order valence-electron chi connectivity index (χ2n) is 7.19. The van der Waals surface area contributed by atoms with Crippen LogP contribution in [0.1, 0.15) is 42.6 Å². The lowest BCUT2D eigenvalue weighted by atomic mass is 10.1. The van der Waals surface area contributed by atoms with Crippen LogP contribution in [0.5, 0.6) is 11.5 Å². The van der Waals surface area contributed by atoms with Gasteiger partial charge in [0.05, 0.1) is 25.5 Å². The van der Waals surface area contributed by atoms with E-state index in [1.165, 1.54) is 25.3 Å². The lowest BCUT2D eigenvalue weighted by Gasteiger charge is -2.18. The van der Waals surface area contributed by atoms with Gasteiger partial charge in [-0.2, -0.15) is 0 Å². The molecule has 9 heteroatoms. The minimum absolute atomic E-state index is 0.0430. The molecule has 0 heterocycles. The maximum Gasteiger partial charge on any atom is 0.335 e. The SMILES string of the molecule is CCC[C@H](C)Nc1ccc(C(=O)O)cc1S(=O)(=O)NCCc1ccc(OC)c(OC)c1. The zero-order chi connectivity index (χ0) is 23.0. The molecule has 0 fully saturated rings. The number of carboxylic acid groups (broad SMARTS) is 1. The van der Waals surface area contributed by atoms with Gasteiger partial charge in [0, 0.05) is 12.6 Å². The summed E-state index contributed by atoms with van der Waals surface area (Å²) < 4.78 is 39.0. The van der Waals surface area contributed by atoms with Crippen molar-refractivity contribution in [2.24, 2.45) is 0 Å². The molecule has 8 nitrogen and oxygen atoms in total. The number of hydrogen-bond donors (Lipinski definition) is 3. The predicted octanol–water partition coefficient (Wildman–Crippen LogP) is 3.52. The number of methoxy groups -OCH3 is 2. The highest BCUT2D eigenvalue weighted by Crippen LogP contribution is 2.28. The van der Waals surface area contributed by atoms with Gasteiger partial charge in [-0.25, -0.2) is 17.9 Å². The molecule has 0 aliphatic rings. The zero-order valence-electron chi connectivity index (χ0n) is 18.3. The van der Waals surface area contributed by atoms with Gasteiger partial charge in [-0.15, -0.1) is 0 Å². The molecule has 3 N–H and O–H groups in total. The Labute approximate surface area is 183 Å². The Morgan fingerprint density at radius 1 is 1.10 bits per heavy atom. The van der Waals surface area contributed by atoms with Gasteiger partial charge in [-0.05, 0) is 55.7 Å². The van der Waals surface area contributed by atoms with Crippen molar-refractivity contribution in [3.05, 3.63) is 47.5 Å². The molecule has 0 unspecified atom stereocenters. The Morgan fingerprint density at radius 3 is 2.42 bits per heavy atom. The van der Waals surface area contributed by atoms with Crippen molar-refractivity contribution in [3.8, 4) is 11.5 Å². The third-order valence-corrected chi connectivity index (χ3v) is 6.30. The monoisotopic (exact) mass is 450 g/mol. The van der Waals surface area contributed by atoms with Gasteiger partial charge in [0.15, 0.2) is 11.5 Å². The van der Waals surface area contributed by atoms with Crippen molar-refractivity contribution in [1.82, 2.24) is 4.72 Å². The first-order valence-corrected chi connectivity index (χ1v) is 11.5. The molecule has 31 heavy (non-hydrogen) atoms. The second-order valence-corrected chi connectivity index (χ2v) is 8.92. The number of benzene rings is 2. The lowest BCUT2D eigenvalue weighted by molar-refractivity contribution is 0.0696. The topological polar surface area (TPSA) is 114 Å². The molecule has 2 aromatic carbocycles. The van der Waals surface area contributed by atoms with Crippen LogP contribution in [-0.2, 0) is 16.4 Å². The van der Waals surface area contributed by atoms with E-state index in [4.69, 9.17) is 9.47 Å². The van der Waals surface area contributed by atoms with Gasteiger partial charge >= 0.3 is 5.97 Å². The molecule has 170 valence electrons. The van der Waals surface area contributed by atoms with Crippen LogP contribution in [0.25, 0.3) is 0 Å². The summed E-state index contributed by atoms with van der Waals surface area (Å²) in [6, 6.07) is 9.50. The minimum Gasteiger partial charge on any atom is -0.493 e. The third-order valence-electron chi connectivity index (χ3n) is 4.80. The van der Waals surface area contributed by atoms with E-state index in [0.29, 0.717) is 23.6 Å². The van der Waals surface area contributed by atoms with Crippen molar-refractivity contribution in [1.29, 1.82) is 0 Å². The molecule has 0 saturated heterocycles. The van der Waals surface area contributed by atoms with Crippen LogP contribution < -0.4 is 19.5 Å². The van der Waals surface area contributed by atoms with Crippen molar-refractivity contribution in [3.63, 3.8) is 0 Å². The average molecular weight is 451 g/mol. The van der Waals surface area contributed by atoms with E-state index in [-0.39, 0.29) is 23.0 Å². The van der Waals surface area contributed by atoms with Crippen LogP contribution in [0.2, 0.25) is 0 Å². The number of carboxylic acids is 1. The molecule has 0 aromatic heterocycles. The molecule has 0 radical (unpaired) electrons. The molecular weight excluding hydrogens is 420 g/mol. The van der Waals surface area contributed by atoms with Gasteiger partial charge in [-0.1, -0.05) is 19.4 Å². The van der Waals surface area contributed by atoms with Crippen LogP contribution in [0.15, 0.2) is 41.3 Å². The molecule has 0 saturated carbocycles. The van der Waals surface area contributed by atoms with Gasteiger partial charge in [0.25, 0.3) is 0 Å². The number of hydrogen-bond acceptors (Lipinski definition) is 6. The highest BCUT2D eigenvalue weighted by molar-refractivity contribution is 7.89. The van der Waals surface area contributed by atoms with Crippen LogP contribution in [0.4, 0.5) is 5.69 Å². The second kappa shape index (κ2) is 11.0. The fourth-order valence-corrected chi connectivity index (χ4v) is 4.44. The number of ether oxygens (including phenoxy) is 2. The summed E-state index contributed by atoms with van der Waals surface area (Å²) in [5.41, 5.74) is 1.16. The van der Waals surface area contributed by atoms with Gasteiger partial charge in [0.1, 0.15) is 4.90 Å². The summed E-state index contributed by atoms with van der Waals surface area (Å²) in [7, 11) is -0.857. The highest BCUT2D eigenvalue weighted by atomic mass is 32.2. The predicted molar refractivity (Wildman–Crippen MR) is 120 cm³/mol. The quantitative estimate of drug-likeness (QED) is 0.453. The Kier molecular flexibility index (Phi) is 8.70. The first-order valence-electron chi connectivity index (χ1n) is 10.1. The van der Waals surface area contributed by atoms with Gasteiger partial charge in [0.2, 0.25) is 10.0 Å². The van der Waals surface area contributed by atoms with E-state index in [1.54, 1.807) is 19.2 Å². The number of carbonyl (C=O) groups is 1. The third kappa shape index (κ3) is 6.60. The van der Waals surface area contributed by atoms with E-state index >= 15 is 0 Å². The summed E-state index contributed by atoms with van der Waals surface area (Å²) >= 11 is 0. The van der Waals surface area contributed by atoms with Crippen molar-refractivity contribution in [2.75, 3.05) is 26.1 Å². The molecule has 2 aromatic rings.